The van der Waals surface area contributed by atoms with E-state index >= 15 is 0 Å². The summed E-state index contributed by atoms with van der Waals surface area (Å²) in [5, 5.41) is 0. The summed E-state index contributed by atoms with van der Waals surface area (Å²) in [6.45, 7) is 5.87. The largest absolute Gasteiger partial charge is 0.207 e. The summed E-state index contributed by atoms with van der Waals surface area (Å²) in [4.78, 5) is 0. The van der Waals surface area contributed by atoms with Gasteiger partial charge in [-0.15, -0.1) is 0 Å². The van der Waals surface area contributed by atoms with Crippen molar-refractivity contribution in [2.45, 2.75) is 27.2 Å². The van der Waals surface area contributed by atoms with E-state index in [9.17, 15) is 8.78 Å². The van der Waals surface area contributed by atoms with Gasteiger partial charge in [-0.05, 0) is 24.0 Å². The highest BCUT2D eigenvalue weighted by Gasteiger charge is 2.17. The molecule has 72 valence electrons. The fraction of sp³-hybridized carbons (Fsp3) is 0.455. The highest BCUT2D eigenvalue weighted by Crippen LogP contribution is 2.24. The molecule has 1 rings (SSSR count). The van der Waals surface area contributed by atoms with Crippen molar-refractivity contribution in [2.24, 2.45) is 5.41 Å². The lowest BCUT2D eigenvalue weighted by Gasteiger charge is -2.18. The third kappa shape index (κ3) is 2.79. The molecule has 0 aliphatic rings. The Hall–Kier alpha value is -0.920. The van der Waals surface area contributed by atoms with Crippen molar-refractivity contribution < 1.29 is 8.78 Å². The van der Waals surface area contributed by atoms with Crippen LogP contribution >= 0.6 is 0 Å². The first-order valence-electron chi connectivity index (χ1n) is 4.33. The van der Waals surface area contributed by atoms with Gasteiger partial charge in [-0.1, -0.05) is 26.8 Å². The van der Waals surface area contributed by atoms with Crippen molar-refractivity contribution in [3.8, 4) is 0 Å². The molecular weight excluding hydrogens is 170 g/mol. The van der Waals surface area contributed by atoms with Gasteiger partial charge in [-0.25, -0.2) is 8.78 Å². The maximum atomic E-state index is 13.1. The van der Waals surface area contributed by atoms with Crippen molar-refractivity contribution in [1.29, 1.82) is 0 Å². The average molecular weight is 184 g/mol. The molecule has 0 aromatic heterocycles. The smallest absolute Gasteiger partial charge is 0.129 e. The Bertz CT molecular complexity index is 277. The first-order valence-corrected chi connectivity index (χ1v) is 4.33. The van der Waals surface area contributed by atoms with Crippen molar-refractivity contribution in [3.63, 3.8) is 0 Å². The molecule has 0 nitrogen and oxygen atoms in total. The van der Waals surface area contributed by atoms with Gasteiger partial charge in [0.1, 0.15) is 11.6 Å². The van der Waals surface area contributed by atoms with Crippen molar-refractivity contribution in [2.75, 3.05) is 0 Å². The van der Waals surface area contributed by atoms with Gasteiger partial charge >= 0.3 is 0 Å². The van der Waals surface area contributed by atoms with Crippen LogP contribution < -0.4 is 0 Å². The van der Waals surface area contributed by atoms with Gasteiger partial charge in [-0.3, -0.25) is 0 Å². The molecule has 0 spiro atoms. The molecule has 0 radical (unpaired) electrons. The molecule has 0 unspecified atom stereocenters. The molecule has 0 saturated heterocycles. The Balaban J connectivity index is 3.00. The van der Waals surface area contributed by atoms with E-state index in [1.807, 2.05) is 20.8 Å². The zero-order valence-electron chi connectivity index (χ0n) is 8.20. The monoisotopic (exact) mass is 184 g/mol. The third-order valence-electron chi connectivity index (χ3n) is 1.77. The first-order chi connectivity index (χ1) is 5.90. The van der Waals surface area contributed by atoms with E-state index in [0.29, 0.717) is 6.42 Å². The summed E-state index contributed by atoms with van der Waals surface area (Å²) in [6, 6.07) is 3.98. The minimum Gasteiger partial charge on any atom is -0.207 e. The SMILES string of the molecule is CC(C)(C)Cc1c(F)cccc1F. The predicted octanol–water partition coefficient (Wildman–Crippen LogP) is 3.55. The predicted molar refractivity (Wildman–Crippen MR) is 49.5 cm³/mol. The molecule has 0 N–H and O–H groups in total. The van der Waals surface area contributed by atoms with Crippen LogP contribution in [0.5, 0.6) is 0 Å². The summed E-state index contributed by atoms with van der Waals surface area (Å²) in [5.74, 6) is -0.898. The van der Waals surface area contributed by atoms with Crippen LogP contribution in [-0.4, -0.2) is 0 Å². The van der Waals surface area contributed by atoms with E-state index in [0.717, 1.165) is 0 Å². The topological polar surface area (TPSA) is 0 Å². The van der Waals surface area contributed by atoms with Crippen molar-refractivity contribution in [1.82, 2.24) is 0 Å². The highest BCUT2D eigenvalue weighted by molar-refractivity contribution is 5.20. The maximum Gasteiger partial charge on any atom is 0.129 e. The number of hydrogen-bond donors (Lipinski definition) is 0. The fourth-order valence-corrected chi connectivity index (χ4v) is 1.23. The molecule has 1 aromatic carbocycles. The molecule has 0 heterocycles. The second kappa shape index (κ2) is 3.44. The van der Waals surface area contributed by atoms with Gasteiger partial charge in [0.2, 0.25) is 0 Å². The first kappa shape index (κ1) is 10.2. The standard InChI is InChI=1S/C11H14F2/c1-11(2,3)7-8-9(12)5-4-6-10(8)13/h4-6H,7H2,1-3H3. The number of hydrogen-bond acceptors (Lipinski definition) is 0. The van der Waals surface area contributed by atoms with Crippen molar-refractivity contribution in [3.05, 3.63) is 35.4 Å². The summed E-state index contributed by atoms with van der Waals surface area (Å²) in [7, 11) is 0. The second-order valence-corrected chi connectivity index (χ2v) is 4.44. The van der Waals surface area contributed by atoms with Crippen LogP contribution in [0.25, 0.3) is 0 Å². The highest BCUT2D eigenvalue weighted by atomic mass is 19.1. The van der Waals surface area contributed by atoms with E-state index in [1.54, 1.807) is 0 Å². The summed E-state index contributed by atoms with van der Waals surface area (Å²) in [6.07, 6.45) is 0.422. The second-order valence-electron chi connectivity index (χ2n) is 4.44. The summed E-state index contributed by atoms with van der Waals surface area (Å²) in [5.41, 5.74) is 0.0956. The zero-order chi connectivity index (χ0) is 10.1. The summed E-state index contributed by atoms with van der Waals surface area (Å²) >= 11 is 0. The summed E-state index contributed by atoms with van der Waals surface area (Å²) < 4.78 is 26.3. The molecule has 13 heavy (non-hydrogen) atoms. The molecule has 0 saturated carbocycles. The van der Waals surface area contributed by atoms with E-state index in [-0.39, 0.29) is 11.0 Å². The molecule has 1 aromatic rings. The number of benzene rings is 1. The van der Waals surface area contributed by atoms with Gasteiger partial charge in [0.15, 0.2) is 0 Å². The quantitative estimate of drug-likeness (QED) is 0.626. The van der Waals surface area contributed by atoms with Crippen molar-refractivity contribution >= 4 is 0 Å². The molecule has 0 fully saturated rings. The van der Waals surface area contributed by atoms with Crippen LogP contribution in [0.1, 0.15) is 26.3 Å². The zero-order valence-corrected chi connectivity index (χ0v) is 8.20. The van der Waals surface area contributed by atoms with E-state index in [1.165, 1.54) is 18.2 Å². The molecule has 0 atom stereocenters. The van der Waals surface area contributed by atoms with Gasteiger partial charge in [0.05, 0.1) is 0 Å². The maximum absolute atomic E-state index is 13.1. The van der Waals surface area contributed by atoms with E-state index in [2.05, 4.69) is 0 Å². The lowest BCUT2D eigenvalue weighted by atomic mass is 9.88. The Morgan fingerprint density at radius 2 is 1.54 bits per heavy atom. The Kier molecular flexibility index (Phi) is 2.69. The van der Waals surface area contributed by atoms with Crippen LogP contribution in [0.4, 0.5) is 8.78 Å². The Morgan fingerprint density at radius 1 is 1.08 bits per heavy atom. The number of rotatable bonds is 1. The molecule has 0 amide bonds. The van der Waals surface area contributed by atoms with Gasteiger partial charge < -0.3 is 0 Å². The van der Waals surface area contributed by atoms with Crippen LogP contribution in [-0.2, 0) is 6.42 Å². The van der Waals surface area contributed by atoms with Crippen LogP contribution in [0, 0.1) is 17.0 Å². The van der Waals surface area contributed by atoms with Gasteiger partial charge in [-0.2, -0.15) is 0 Å². The molecular formula is C11H14F2. The average Bonchev–Trinajstić information content (AvgIpc) is 1.95. The Morgan fingerprint density at radius 3 is 1.92 bits per heavy atom. The molecule has 0 aliphatic carbocycles. The third-order valence-corrected chi connectivity index (χ3v) is 1.77. The van der Waals surface area contributed by atoms with Crippen LogP contribution in [0.15, 0.2) is 18.2 Å². The minimum absolute atomic E-state index is 0.0942. The molecule has 0 bridgehead atoms. The molecule has 0 aliphatic heterocycles. The molecule has 2 heteroatoms. The van der Waals surface area contributed by atoms with Gasteiger partial charge in [0.25, 0.3) is 0 Å². The Labute approximate surface area is 77.6 Å². The van der Waals surface area contributed by atoms with Crippen LogP contribution in [0.3, 0.4) is 0 Å². The minimum atomic E-state index is -0.449. The normalized spacial score (nSPS) is 11.8. The number of halogens is 2. The van der Waals surface area contributed by atoms with E-state index < -0.39 is 11.6 Å². The fourth-order valence-electron chi connectivity index (χ4n) is 1.23. The van der Waals surface area contributed by atoms with E-state index in [4.69, 9.17) is 0 Å². The van der Waals surface area contributed by atoms with Crippen LogP contribution in [0.2, 0.25) is 0 Å². The lowest BCUT2D eigenvalue weighted by Crippen LogP contribution is -2.12. The lowest BCUT2D eigenvalue weighted by molar-refractivity contribution is 0.391. The van der Waals surface area contributed by atoms with Gasteiger partial charge in [0, 0.05) is 5.56 Å².